The predicted octanol–water partition coefficient (Wildman–Crippen LogP) is 3.83. The molecule has 0 aliphatic heterocycles. The summed E-state index contributed by atoms with van der Waals surface area (Å²) in [5.74, 6) is -3.35. The zero-order chi connectivity index (χ0) is 15.3. The van der Waals surface area contributed by atoms with Gasteiger partial charge in [0, 0.05) is 5.92 Å². The van der Waals surface area contributed by atoms with Crippen LogP contribution in [0.4, 0.5) is 26.3 Å². The number of carboxylic acid groups (broad SMARTS) is 1. The Morgan fingerprint density at radius 1 is 1.10 bits per heavy atom. The molecule has 1 aliphatic rings. The van der Waals surface area contributed by atoms with Crippen LogP contribution in [0.25, 0.3) is 0 Å². The van der Waals surface area contributed by atoms with Gasteiger partial charge in [-0.1, -0.05) is 12.1 Å². The number of carbonyl (C=O) groups is 1. The molecule has 110 valence electrons. The Bertz CT molecular complexity index is 530. The van der Waals surface area contributed by atoms with Gasteiger partial charge in [0.1, 0.15) is 0 Å². The van der Waals surface area contributed by atoms with Gasteiger partial charge >= 0.3 is 18.3 Å². The first-order valence-corrected chi connectivity index (χ1v) is 5.47. The van der Waals surface area contributed by atoms with Crippen molar-refractivity contribution >= 4 is 5.97 Å². The molecule has 0 spiro atoms. The third-order valence-electron chi connectivity index (χ3n) is 3.49. The number of carboxylic acids is 1. The SMILES string of the molecule is O=C(O)[C@]1(C(F)(F)F)C[C@@H]1c1ccc(C(F)(F)F)cc1. The summed E-state index contributed by atoms with van der Waals surface area (Å²) < 4.78 is 75.4. The fourth-order valence-electron chi connectivity index (χ4n) is 2.24. The van der Waals surface area contributed by atoms with E-state index >= 15 is 0 Å². The van der Waals surface area contributed by atoms with Crippen LogP contribution in [-0.2, 0) is 11.0 Å². The highest BCUT2D eigenvalue weighted by Crippen LogP contribution is 2.67. The molecule has 1 saturated carbocycles. The third-order valence-corrected chi connectivity index (χ3v) is 3.49. The average molecular weight is 298 g/mol. The van der Waals surface area contributed by atoms with Crippen molar-refractivity contribution in [2.24, 2.45) is 5.41 Å². The molecule has 0 bridgehead atoms. The minimum absolute atomic E-state index is 0.0577. The topological polar surface area (TPSA) is 37.3 Å². The lowest BCUT2D eigenvalue weighted by Crippen LogP contribution is -2.34. The fourth-order valence-corrected chi connectivity index (χ4v) is 2.24. The van der Waals surface area contributed by atoms with Crippen LogP contribution in [0.15, 0.2) is 24.3 Å². The summed E-state index contributed by atoms with van der Waals surface area (Å²) in [4.78, 5) is 10.8. The molecule has 2 rings (SSSR count). The highest BCUT2D eigenvalue weighted by atomic mass is 19.4. The minimum atomic E-state index is -4.94. The lowest BCUT2D eigenvalue weighted by molar-refractivity contribution is -0.204. The lowest BCUT2D eigenvalue weighted by Gasteiger charge is -2.16. The smallest absolute Gasteiger partial charge is 0.416 e. The molecule has 20 heavy (non-hydrogen) atoms. The molecule has 8 heteroatoms. The molecule has 0 heterocycles. The van der Waals surface area contributed by atoms with Crippen LogP contribution in [0.1, 0.15) is 23.5 Å². The summed E-state index contributed by atoms with van der Waals surface area (Å²) in [7, 11) is 0. The predicted molar refractivity (Wildman–Crippen MR) is 54.9 cm³/mol. The second kappa shape index (κ2) is 4.13. The second-order valence-corrected chi connectivity index (χ2v) is 4.65. The molecular formula is C12H8F6O2. The molecular weight excluding hydrogens is 290 g/mol. The second-order valence-electron chi connectivity index (χ2n) is 4.65. The van der Waals surface area contributed by atoms with Crippen molar-refractivity contribution in [2.75, 3.05) is 0 Å². The average Bonchev–Trinajstić information content (AvgIpc) is 3.03. The Morgan fingerprint density at radius 3 is 1.90 bits per heavy atom. The Kier molecular flexibility index (Phi) is 3.03. The van der Waals surface area contributed by atoms with Gasteiger partial charge < -0.3 is 5.11 Å². The number of alkyl halides is 6. The maximum Gasteiger partial charge on any atom is 0.416 e. The molecule has 2 atom stereocenters. The van der Waals surface area contributed by atoms with Gasteiger partial charge in [-0.3, -0.25) is 4.79 Å². The number of halogens is 6. The molecule has 1 fully saturated rings. The van der Waals surface area contributed by atoms with Crippen molar-refractivity contribution in [1.82, 2.24) is 0 Å². The Hall–Kier alpha value is -1.73. The zero-order valence-electron chi connectivity index (χ0n) is 9.72. The quantitative estimate of drug-likeness (QED) is 0.843. The molecule has 0 amide bonds. The van der Waals surface area contributed by atoms with Crippen molar-refractivity contribution < 1.29 is 36.2 Å². The summed E-state index contributed by atoms with van der Waals surface area (Å²) in [6, 6.07) is 3.08. The molecule has 1 aromatic carbocycles. The van der Waals surface area contributed by atoms with Gasteiger partial charge in [0.2, 0.25) is 0 Å². The minimum Gasteiger partial charge on any atom is -0.481 e. The van der Waals surface area contributed by atoms with Crippen LogP contribution >= 0.6 is 0 Å². The van der Waals surface area contributed by atoms with E-state index in [2.05, 4.69) is 0 Å². The lowest BCUT2D eigenvalue weighted by atomic mass is 9.97. The molecule has 1 aromatic rings. The molecule has 1 aliphatic carbocycles. The first-order chi connectivity index (χ1) is 9.00. The van der Waals surface area contributed by atoms with Gasteiger partial charge in [0.05, 0.1) is 5.56 Å². The summed E-state index contributed by atoms with van der Waals surface area (Å²) in [6.45, 7) is 0. The van der Waals surface area contributed by atoms with Crippen molar-refractivity contribution in [1.29, 1.82) is 0 Å². The zero-order valence-corrected chi connectivity index (χ0v) is 9.72. The number of rotatable bonds is 2. The summed E-state index contributed by atoms with van der Waals surface area (Å²) in [5.41, 5.74) is -3.93. The van der Waals surface area contributed by atoms with Gasteiger partial charge in [-0.25, -0.2) is 0 Å². The highest BCUT2D eigenvalue weighted by molar-refractivity contribution is 5.81. The van der Waals surface area contributed by atoms with Crippen molar-refractivity contribution in [2.45, 2.75) is 24.7 Å². The van der Waals surface area contributed by atoms with Crippen LogP contribution in [0.5, 0.6) is 0 Å². The standard InChI is InChI=1S/C12H8F6O2/c13-11(14,15)7-3-1-6(2-4-7)8-5-10(8,9(19)20)12(16,17)18/h1-4,8H,5H2,(H,19,20)/t8-,10+/m1/s1. The van der Waals surface area contributed by atoms with Gasteiger partial charge in [-0.15, -0.1) is 0 Å². The van der Waals surface area contributed by atoms with Crippen LogP contribution in [0.3, 0.4) is 0 Å². The van der Waals surface area contributed by atoms with Crippen LogP contribution in [0.2, 0.25) is 0 Å². The van der Waals surface area contributed by atoms with Gasteiger partial charge in [-0.2, -0.15) is 26.3 Å². The van der Waals surface area contributed by atoms with E-state index in [9.17, 15) is 31.1 Å². The number of hydrogen-bond acceptors (Lipinski definition) is 1. The Morgan fingerprint density at radius 2 is 1.60 bits per heavy atom. The highest BCUT2D eigenvalue weighted by Gasteiger charge is 2.76. The van der Waals surface area contributed by atoms with Gasteiger partial charge in [-0.05, 0) is 24.1 Å². The van der Waals surface area contributed by atoms with E-state index in [0.29, 0.717) is 12.1 Å². The van der Waals surface area contributed by atoms with Crippen molar-refractivity contribution in [3.05, 3.63) is 35.4 Å². The van der Waals surface area contributed by atoms with E-state index in [1.807, 2.05) is 0 Å². The maximum atomic E-state index is 12.8. The first kappa shape index (κ1) is 14.7. The summed E-state index contributed by atoms with van der Waals surface area (Å²) in [6.07, 6.45) is -10.2. The van der Waals surface area contributed by atoms with E-state index in [-0.39, 0.29) is 5.56 Å². The maximum absolute atomic E-state index is 12.8. The van der Waals surface area contributed by atoms with E-state index in [0.717, 1.165) is 12.1 Å². The normalized spacial score (nSPS) is 26.4. The first-order valence-electron chi connectivity index (χ1n) is 5.47. The number of aliphatic carboxylic acids is 1. The summed E-state index contributed by atoms with van der Waals surface area (Å²) >= 11 is 0. The van der Waals surface area contributed by atoms with E-state index < -0.39 is 41.6 Å². The van der Waals surface area contributed by atoms with Crippen LogP contribution in [0, 0.1) is 5.41 Å². The molecule has 0 radical (unpaired) electrons. The Balaban J connectivity index is 2.30. The van der Waals surface area contributed by atoms with E-state index in [1.54, 1.807) is 0 Å². The van der Waals surface area contributed by atoms with Crippen molar-refractivity contribution in [3.63, 3.8) is 0 Å². The van der Waals surface area contributed by atoms with E-state index in [1.165, 1.54) is 0 Å². The fraction of sp³-hybridized carbons (Fsp3) is 0.417. The van der Waals surface area contributed by atoms with Gasteiger partial charge in [0.25, 0.3) is 0 Å². The van der Waals surface area contributed by atoms with Crippen molar-refractivity contribution in [3.8, 4) is 0 Å². The molecule has 0 aromatic heterocycles. The monoisotopic (exact) mass is 298 g/mol. The molecule has 0 unspecified atom stereocenters. The summed E-state index contributed by atoms with van der Waals surface area (Å²) in [5, 5.41) is 8.75. The third kappa shape index (κ3) is 2.12. The molecule has 0 saturated heterocycles. The van der Waals surface area contributed by atoms with Crippen LogP contribution < -0.4 is 0 Å². The largest absolute Gasteiger partial charge is 0.481 e. The van der Waals surface area contributed by atoms with Crippen LogP contribution in [-0.4, -0.2) is 17.3 Å². The number of hydrogen-bond donors (Lipinski definition) is 1. The molecule has 2 nitrogen and oxygen atoms in total. The van der Waals surface area contributed by atoms with Gasteiger partial charge in [0.15, 0.2) is 5.41 Å². The van der Waals surface area contributed by atoms with E-state index in [4.69, 9.17) is 5.11 Å². The Labute approximate surface area is 109 Å². The molecule has 1 N–H and O–H groups in total. The number of benzene rings is 1.